The zero-order chi connectivity index (χ0) is 17.6. The van der Waals surface area contributed by atoms with Gasteiger partial charge in [0.15, 0.2) is 5.76 Å². The Balaban J connectivity index is 1.77. The van der Waals surface area contributed by atoms with Gasteiger partial charge in [-0.25, -0.2) is 0 Å². The third kappa shape index (κ3) is 2.70. The van der Waals surface area contributed by atoms with Gasteiger partial charge in [-0.15, -0.1) is 0 Å². The second kappa shape index (κ2) is 6.01. The van der Waals surface area contributed by atoms with Crippen LogP contribution in [0.3, 0.4) is 0 Å². The molecule has 0 unspecified atom stereocenters. The molecule has 0 saturated carbocycles. The number of carbonyl (C=O) groups excluding carboxylic acids is 1. The molecule has 0 fully saturated rings. The summed E-state index contributed by atoms with van der Waals surface area (Å²) in [5.74, 6) is 1.70. The van der Waals surface area contributed by atoms with Crippen molar-refractivity contribution in [1.82, 2.24) is 9.88 Å². The van der Waals surface area contributed by atoms with Crippen LogP contribution in [0.4, 0.5) is 0 Å². The Labute approximate surface area is 146 Å². The van der Waals surface area contributed by atoms with Crippen LogP contribution in [-0.4, -0.2) is 28.4 Å². The number of allylic oxidation sites excluding steroid dienone is 1. The maximum Gasteiger partial charge on any atom is 0.232 e. The predicted molar refractivity (Wildman–Crippen MR) is 94.5 cm³/mol. The molecular formula is C20H20N2O3. The fourth-order valence-electron chi connectivity index (χ4n) is 3.19. The van der Waals surface area contributed by atoms with Gasteiger partial charge in [-0.3, -0.25) is 14.7 Å². The molecule has 0 amide bonds. The molecule has 2 aromatic rings. The fourth-order valence-corrected chi connectivity index (χ4v) is 3.19. The third-order valence-electron chi connectivity index (χ3n) is 4.66. The standard InChI is InChI=1S/C20H20N2O3/c1-12(2)22-10-15-16(24-11-22)7-13(3)18-19(23)17(25-20(15)18)8-14-5-4-6-21-9-14/h4-9,12H,10-11H2,1-3H3/b17-8-. The number of carbonyl (C=O) groups is 1. The summed E-state index contributed by atoms with van der Waals surface area (Å²) in [5, 5.41) is 0. The number of Topliss-reactive ketones (excluding diaryl/α,β-unsaturated/α-hetero) is 1. The lowest BCUT2D eigenvalue weighted by atomic mass is 9.98. The SMILES string of the molecule is Cc1cc2c(c3c1C(=O)/C(=C/c1cccnc1)O3)CN(C(C)C)CO2. The lowest BCUT2D eigenvalue weighted by molar-refractivity contribution is 0.0673. The number of hydrogen-bond donors (Lipinski definition) is 0. The van der Waals surface area contributed by atoms with E-state index >= 15 is 0 Å². The Morgan fingerprint density at radius 1 is 1.36 bits per heavy atom. The normalized spacial score (nSPS) is 18.1. The van der Waals surface area contributed by atoms with E-state index in [0.29, 0.717) is 36.4 Å². The third-order valence-corrected chi connectivity index (χ3v) is 4.66. The van der Waals surface area contributed by atoms with E-state index in [1.165, 1.54) is 0 Å². The van der Waals surface area contributed by atoms with E-state index in [-0.39, 0.29) is 5.78 Å². The minimum Gasteiger partial charge on any atom is -0.478 e. The molecule has 3 heterocycles. The number of fused-ring (bicyclic) bond motifs is 3. The van der Waals surface area contributed by atoms with Crippen molar-refractivity contribution >= 4 is 11.9 Å². The average Bonchev–Trinajstić information content (AvgIpc) is 2.93. The summed E-state index contributed by atoms with van der Waals surface area (Å²) in [6.45, 7) is 7.44. The molecular weight excluding hydrogens is 316 g/mol. The van der Waals surface area contributed by atoms with Crippen molar-refractivity contribution in [3.63, 3.8) is 0 Å². The van der Waals surface area contributed by atoms with E-state index in [2.05, 4.69) is 23.7 Å². The fraction of sp³-hybridized carbons (Fsp3) is 0.300. The largest absolute Gasteiger partial charge is 0.478 e. The number of ketones is 1. The molecule has 2 aliphatic rings. The molecule has 0 atom stereocenters. The van der Waals surface area contributed by atoms with Gasteiger partial charge in [0.1, 0.15) is 18.2 Å². The number of hydrogen-bond acceptors (Lipinski definition) is 5. The first-order valence-electron chi connectivity index (χ1n) is 8.42. The summed E-state index contributed by atoms with van der Waals surface area (Å²) in [7, 11) is 0. The predicted octanol–water partition coefficient (Wildman–Crippen LogP) is 3.57. The first-order valence-corrected chi connectivity index (χ1v) is 8.42. The van der Waals surface area contributed by atoms with E-state index < -0.39 is 0 Å². The van der Waals surface area contributed by atoms with Crippen LogP contribution in [0.15, 0.2) is 36.4 Å². The van der Waals surface area contributed by atoms with Crippen LogP contribution in [-0.2, 0) is 6.54 Å². The number of nitrogens with zero attached hydrogens (tertiary/aromatic N) is 2. The molecule has 4 rings (SSSR count). The Morgan fingerprint density at radius 3 is 2.92 bits per heavy atom. The van der Waals surface area contributed by atoms with Gasteiger partial charge in [0.25, 0.3) is 0 Å². The smallest absolute Gasteiger partial charge is 0.232 e. The van der Waals surface area contributed by atoms with Crippen LogP contribution in [0.25, 0.3) is 6.08 Å². The Hall–Kier alpha value is -2.66. The second-order valence-electron chi connectivity index (χ2n) is 6.71. The molecule has 1 aromatic heterocycles. The van der Waals surface area contributed by atoms with Crippen molar-refractivity contribution in [1.29, 1.82) is 0 Å². The maximum atomic E-state index is 12.9. The average molecular weight is 336 g/mol. The van der Waals surface area contributed by atoms with Gasteiger partial charge in [-0.1, -0.05) is 6.07 Å². The molecule has 0 spiro atoms. The summed E-state index contributed by atoms with van der Waals surface area (Å²) in [6.07, 6.45) is 5.15. The second-order valence-corrected chi connectivity index (χ2v) is 6.71. The van der Waals surface area contributed by atoms with Gasteiger partial charge < -0.3 is 9.47 Å². The highest BCUT2D eigenvalue weighted by atomic mass is 16.5. The first-order chi connectivity index (χ1) is 12.0. The first kappa shape index (κ1) is 15.8. The van der Waals surface area contributed by atoms with Crippen LogP contribution in [0.5, 0.6) is 11.5 Å². The molecule has 0 aliphatic carbocycles. The lowest BCUT2D eigenvalue weighted by Gasteiger charge is -2.32. The molecule has 5 heteroatoms. The monoisotopic (exact) mass is 336 g/mol. The molecule has 2 aliphatic heterocycles. The summed E-state index contributed by atoms with van der Waals surface area (Å²) < 4.78 is 11.9. The van der Waals surface area contributed by atoms with Gasteiger partial charge >= 0.3 is 0 Å². The zero-order valence-electron chi connectivity index (χ0n) is 14.6. The summed E-state index contributed by atoms with van der Waals surface area (Å²) in [5.41, 5.74) is 3.31. The summed E-state index contributed by atoms with van der Waals surface area (Å²) >= 11 is 0. The number of benzene rings is 1. The molecule has 0 saturated heterocycles. The van der Waals surface area contributed by atoms with Gasteiger partial charge in [-0.2, -0.15) is 0 Å². The lowest BCUT2D eigenvalue weighted by Crippen LogP contribution is -2.37. The van der Waals surface area contributed by atoms with Gasteiger partial charge in [0.05, 0.1) is 11.1 Å². The highest BCUT2D eigenvalue weighted by Crippen LogP contribution is 2.44. The van der Waals surface area contributed by atoms with Crippen molar-refractivity contribution in [2.75, 3.05) is 6.73 Å². The highest BCUT2D eigenvalue weighted by Gasteiger charge is 2.35. The minimum absolute atomic E-state index is 0.0826. The number of aromatic nitrogens is 1. The highest BCUT2D eigenvalue weighted by molar-refractivity contribution is 6.15. The van der Waals surface area contributed by atoms with E-state index in [4.69, 9.17) is 9.47 Å². The maximum absolute atomic E-state index is 12.9. The minimum atomic E-state index is -0.0826. The Morgan fingerprint density at radius 2 is 2.20 bits per heavy atom. The van der Waals surface area contributed by atoms with Crippen molar-refractivity contribution < 1.29 is 14.3 Å². The zero-order valence-corrected chi connectivity index (χ0v) is 14.6. The van der Waals surface area contributed by atoms with Gasteiger partial charge in [-0.05, 0) is 50.1 Å². The number of rotatable bonds is 2. The number of ether oxygens (including phenoxy) is 2. The summed E-state index contributed by atoms with van der Waals surface area (Å²) in [6, 6.07) is 6.03. The van der Waals surface area contributed by atoms with Crippen molar-refractivity contribution in [2.45, 2.75) is 33.4 Å². The van der Waals surface area contributed by atoms with Crippen molar-refractivity contribution in [2.24, 2.45) is 0 Å². The number of pyridine rings is 1. The van der Waals surface area contributed by atoms with E-state index in [9.17, 15) is 4.79 Å². The van der Waals surface area contributed by atoms with Crippen LogP contribution in [0, 0.1) is 6.92 Å². The van der Waals surface area contributed by atoms with Crippen molar-refractivity contribution in [3.05, 3.63) is 58.6 Å². The van der Waals surface area contributed by atoms with Crippen LogP contribution < -0.4 is 9.47 Å². The molecule has 5 nitrogen and oxygen atoms in total. The molecule has 25 heavy (non-hydrogen) atoms. The number of aryl methyl sites for hydroxylation is 1. The Bertz CT molecular complexity index is 872. The molecule has 0 radical (unpaired) electrons. The molecule has 0 N–H and O–H groups in total. The van der Waals surface area contributed by atoms with Crippen LogP contribution >= 0.6 is 0 Å². The van der Waals surface area contributed by atoms with Crippen molar-refractivity contribution in [3.8, 4) is 11.5 Å². The van der Waals surface area contributed by atoms with Gasteiger partial charge in [0, 0.05) is 25.0 Å². The summed E-state index contributed by atoms with van der Waals surface area (Å²) in [4.78, 5) is 19.1. The molecule has 0 bridgehead atoms. The van der Waals surface area contributed by atoms with Crippen LogP contribution in [0.2, 0.25) is 0 Å². The van der Waals surface area contributed by atoms with E-state index in [1.807, 2.05) is 25.1 Å². The Kier molecular flexibility index (Phi) is 3.81. The molecule has 128 valence electrons. The van der Waals surface area contributed by atoms with E-state index in [0.717, 1.165) is 22.4 Å². The quantitative estimate of drug-likeness (QED) is 0.785. The van der Waals surface area contributed by atoms with E-state index in [1.54, 1.807) is 18.5 Å². The van der Waals surface area contributed by atoms with Gasteiger partial charge in [0.2, 0.25) is 5.78 Å². The molecule has 1 aromatic carbocycles. The van der Waals surface area contributed by atoms with Crippen LogP contribution in [0.1, 0.15) is 40.9 Å². The topological polar surface area (TPSA) is 51.7 Å².